The van der Waals surface area contributed by atoms with Gasteiger partial charge in [-0.25, -0.2) is 0 Å². The first kappa shape index (κ1) is 16.0. The zero-order valence-corrected chi connectivity index (χ0v) is 12.4. The van der Waals surface area contributed by atoms with Crippen LogP contribution in [0.2, 0.25) is 0 Å². The van der Waals surface area contributed by atoms with E-state index in [4.69, 9.17) is 0 Å². The summed E-state index contributed by atoms with van der Waals surface area (Å²) < 4.78 is 1.81. The lowest BCUT2D eigenvalue weighted by Gasteiger charge is -2.00. The fourth-order valence-corrected chi connectivity index (χ4v) is 1.78. The van der Waals surface area contributed by atoms with Crippen molar-refractivity contribution < 1.29 is 31.3 Å². The summed E-state index contributed by atoms with van der Waals surface area (Å²) in [7, 11) is 0. The average molecular weight is 337 g/mol. The quantitative estimate of drug-likeness (QED) is 0.314. The maximum absolute atomic E-state index is 12.1. The molecule has 0 N–H and O–H groups in total. The maximum atomic E-state index is 12.1. The molecule has 1 aromatic carbocycles. The van der Waals surface area contributed by atoms with Gasteiger partial charge in [0, 0.05) is 36.8 Å². The molecule has 2 aromatic rings. The minimum Gasteiger partial charge on any atom is -1.00 e. The van der Waals surface area contributed by atoms with Gasteiger partial charge in [0.1, 0.15) is 0 Å². The number of pyridine rings is 1. The van der Waals surface area contributed by atoms with Gasteiger partial charge in [-0.2, -0.15) is 4.57 Å². The molecule has 1 heterocycles. The summed E-state index contributed by atoms with van der Waals surface area (Å²) in [4.78, 5) is 22.3. The fourth-order valence-electron chi connectivity index (χ4n) is 1.78. The molecule has 2 rings (SSSR count). The first-order valence-corrected chi connectivity index (χ1v) is 5.80. The summed E-state index contributed by atoms with van der Waals surface area (Å²) in [5.41, 5.74) is 1.24. The van der Waals surface area contributed by atoms with Gasteiger partial charge in [-0.1, -0.05) is 18.2 Å². The van der Waals surface area contributed by atoms with Crippen LogP contribution in [0.4, 0.5) is 5.69 Å². The van der Waals surface area contributed by atoms with Crippen LogP contribution < -0.4 is 21.5 Å². The Balaban J connectivity index is 0.00000200. The summed E-state index contributed by atoms with van der Waals surface area (Å²) >= 11 is 0. The van der Waals surface area contributed by atoms with Crippen molar-refractivity contribution in [3.8, 4) is 0 Å². The molecule has 0 atom stereocenters. The number of aryl methyl sites for hydroxylation is 1. The third-order valence-electron chi connectivity index (χ3n) is 2.86. The van der Waals surface area contributed by atoms with E-state index in [1.165, 1.54) is 18.2 Å². The Hall–Kier alpha value is -2.08. The number of non-ortho nitro benzene ring substituents is 1. The molecule has 5 nitrogen and oxygen atoms in total. The number of rotatable bonds is 4. The molecule has 0 aliphatic heterocycles. The molecule has 104 valence electrons. The molecule has 0 radical (unpaired) electrons. The smallest absolute Gasteiger partial charge is 0.270 e. The van der Waals surface area contributed by atoms with Gasteiger partial charge in [0.25, 0.3) is 5.69 Å². The molecule has 0 bridgehead atoms. The Bertz CT molecular complexity index is 644. The number of carbonyl (C=O) groups excluding carboxylic acids is 1. The molecule has 1 aromatic heterocycles. The lowest BCUT2D eigenvalue weighted by Crippen LogP contribution is -3.00. The second kappa shape index (κ2) is 6.91. The molecule has 0 aliphatic carbocycles. The van der Waals surface area contributed by atoms with Crippen molar-refractivity contribution in [2.24, 2.45) is 0 Å². The van der Waals surface area contributed by atoms with E-state index < -0.39 is 4.92 Å². The lowest BCUT2D eigenvalue weighted by molar-refractivity contribution is -0.689. The van der Waals surface area contributed by atoms with Crippen LogP contribution >= 0.6 is 0 Å². The SMILES string of the molecule is Cc1cccc[n+]1CC(=O)c1cccc([N+](=O)[O-])c1.[Br-]. The largest absolute Gasteiger partial charge is 1.00 e. The first-order chi connectivity index (χ1) is 9.08. The minimum atomic E-state index is -0.502. The maximum Gasteiger partial charge on any atom is 0.270 e. The Morgan fingerprint density at radius 2 is 2.00 bits per heavy atom. The molecular weight excluding hydrogens is 324 g/mol. The number of ketones is 1. The fraction of sp³-hybridized carbons (Fsp3) is 0.143. The van der Waals surface area contributed by atoms with E-state index in [-0.39, 0.29) is 35.0 Å². The van der Waals surface area contributed by atoms with Gasteiger partial charge in [0.05, 0.1) is 4.92 Å². The van der Waals surface area contributed by atoms with Crippen molar-refractivity contribution in [1.29, 1.82) is 0 Å². The van der Waals surface area contributed by atoms with Gasteiger partial charge < -0.3 is 17.0 Å². The number of carbonyl (C=O) groups is 1. The monoisotopic (exact) mass is 336 g/mol. The molecule has 0 aliphatic rings. The van der Waals surface area contributed by atoms with Crippen LogP contribution in [0.15, 0.2) is 48.7 Å². The van der Waals surface area contributed by atoms with Crippen LogP contribution in [0.3, 0.4) is 0 Å². The summed E-state index contributed by atoms with van der Waals surface area (Å²) in [5.74, 6) is -0.150. The topological polar surface area (TPSA) is 64.1 Å². The van der Waals surface area contributed by atoms with E-state index in [1.54, 1.807) is 10.6 Å². The normalized spacial score (nSPS) is 9.65. The first-order valence-electron chi connectivity index (χ1n) is 5.80. The highest BCUT2D eigenvalue weighted by molar-refractivity contribution is 5.95. The molecule has 0 spiro atoms. The van der Waals surface area contributed by atoms with E-state index >= 15 is 0 Å². The number of hydrogen-bond donors (Lipinski definition) is 0. The summed E-state index contributed by atoms with van der Waals surface area (Å²) in [6.45, 7) is 2.08. The summed E-state index contributed by atoms with van der Waals surface area (Å²) in [5, 5.41) is 10.7. The van der Waals surface area contributed by atoms with E-state index in [0.717, 1.165) is 5.69 Å². The van der Waals surface area contributed by atoms with Crippen molar-refractivity contribution in [3.05, 3.63) is 70.0 Å². The number of nitro benzene ring substituents is 1. The standard InChI is InChI=1S/C14H13N2O3.BrH/c1-11-5-2-3-8-15(11)10-14(17)12-6-4-7-13(9-12)16(18)19;/h2-9H,10H2,1H3;1H/q+1;/p-1. The van der Waals surface area contributed by atoms with Crippen molar-refractivity contribution in [2.45, 2.75) is 13.5 Å². The molecule has 0 saturated heterocycles. The number of aromatic nitrogens is 1. The van der Waals surface area contributed by atoms with Crippen LogP contribution in [0.5, 0.6) is 0 Å². The average Bonchev–Trinajstić information content (AvgIpc) is 2.41. The number of Topliss-reactive ketones (excluding diaryl/α,β-unsaturated/α-hetero) is 1. The molecule has 0 unspecified atom stereocenters. The third-order valence-corrected chi connectivity index (χ3v) is 2.86. The Morgan fingerprint density at radius 3 is 2.65 bits per heavy atom. The van der Waals surface area contributed by atoms with E-state index in [2.05, 4.69) is 0 Å². The van der Waals surface area contributed by atoms with Crippen molar-refractivity contribution in [3.63, 3.8) is 0 Å². The van der Waals surface area contributed by atoms with Crippen LogP contribution in [-0.2, 0) is 6.54 Å². The predicted octanol–water partition coefficient (Wildman–Crippen LogP) is -0.922. The number of benzene rings is 1. The minimum absolute atomic E-state index is 0. The van der Waals surface area contributed by atoms with E-state index in [1.807, 2.05) is 31.3 Å². The van der Waals surface area contributed by atoms with Crippen LogP contribution in [0.1, 0.15) is 16.1 Å². The van der Waals surface area contributed by atoms with Gasteiger partial charge >= 0.3 is 0 Å². The van der Waals surface area contributed by atoms with Crippen molar-refractivity contribution in [1.82, 2.24) is 0 Å². The number of halogens is 1. The highest BCUT2D eigenvalue weighted by Crippen LogP contribution is 2.13. The van der Waals surface area contributed by atoms with Crippen LogP contribution in [0, 0.1) is 17.0 Å². The summed E-state index contributed by atoms with van der Waals surface area (Å²) in [6.07, 6.45) is 1.81. The van der Waals surface area contributed by atoms with E-state index in [9.17, 15) is 14.9 Å². The molecular formula is C14H13BrN2O3. The van der Waals surface area contributed by atoms with Gasteiger partial charge in [0.15, 0.2) is 11.9 Å². The Labute approximate surface area is 126 Å². The van der Waals surface area contributed by atoms with Crippen LogP contribution in [0.25, 0.3) is 0 Å². The molecule has 0 fully saturated rings. The third kappa shape index (κ3) is 3.71. The zero-order valence-electron chi connectivity index (χ0n) is 10.8. The van der Waals surface area contributed by atoms with Gasteiger partial charge in [-0.15, -0.1) is 0 Å². The highest BCUT2D eigenvalue weighted by Gasteiger charge is 2.16. The second-order valence-electron chi connectivity index (χ2n) is 4.20. The van der Waals surface area contributed by atoms with Crippen molar-refractivity contribution >= 4 is 11.5 Å². The van der Waals surface area contributed by atoms with Gasteiger partial charge in [-0.3, -0.25) is 14.9 Å². The molecule has 0 saturated carbocycles. The Kier molecular flexibility index (Phi) is 5.52. The van der Waals surface area contributed by atoms with E-state index in [0.29, 0.717) is 5.56 Å². The highest BCUT2D eigenvalue weighted by atomic mass is 79.9. The molecule has 20 heavy (non-hydrogen) atoms. The predicted molar refractivity (Wildman–Crippen MR) is 68.8 cm³/mol. The number of nitrogens with zero attached hydrogens (tertiary/aromatic N) is 2. The molecule has 6 heteroatoms. The molecule has 0 amide bonds. The number of hydrogen-bond acceptors (Lipinski definition) is 3. The van der Waals surface area contributed by atoms with Crippen molar-refractivity contribution in [2.75, 3.05) is 0 Å². The Morgan fingerprint density at radius 1 is 1.25 bits per heavy atom. The second-order valence-corrected chi connectivity index (χ2v) is 4.20. The lowest BCUT2D eigenvalue weighted by atomic mass is 10.1. The summed E-state index contributed by atoms with van der Waals surface area (Å²) in [6, 6.07) is 11.4. The van der Waals surface area contributed by atoms with Crippen LogP contribution in [-0.4, -0.2) is 10.7 Å². The van der Waals surface area contributed by atoms with Gasteiger partial charge in [-0.05, 0) is 0 Å². The van der Waals surface area contributed by atoms with Gasteiger partial charge in [0.2, 0.25) is 12.3 Å². The zero-order chi connectivity index (χ0) is 13.8. The number of nitro groups is 1.